The molecule has 1 atom stereocenters. The summed E-state index contributed by atoms with van der Waals surface area (Å²) in [5, 5.41) is 5.74. The van der Waals surface area contributed by atoms with Crippen molar-refractivity contribution in [3.8, 4) is 11.5 Å². The van der Waals surface area contributed by atoms with Crippen molar-refractivity contribution >= 4 is 11.8 Å². The van der Waals surface area contributed by atoms with E-state index in [1.165, 1.54) is 7.11 Å². The molecule has 2 rings (SSSR count). The minimum absolute atomic E-state index is 0.129. The molecule has 29 heavy (non-hydrogen) atoms. The molecule has 1 unspecified atom stereocenters. The quantitative estimate of drug-likeness (QED) is 0.606. The first-order valence-electron chi connectivity index (χ1n) is 9.54. The highest BCUT2D eigenvalue weighted by Gasteiger charge is 2.14. The van der Waals surface area contributed by atoms with Crippen molar-refractivity contribution in [2.24, 2.45) is 0 Å². The molecular weight excluding hydrogens is 372 g/mol. The molecule has 0 aromatic heterocycles. The van der Waals surface area contributed by atoms with E-state index in [0.29, 0.717) is 48.7 Å². The van der Waals surface area contributed by atoms with Gasteiger partial charge in [-0.15, -0.1) is 0 Å². The third-order valence-corrected chi connectivity index (χ3v) is 4.33. The standard InChI is InChI=1S/C22H28N2O5/c1-4-29-18(12-13-23-21(25)16-8-6-5-7-9-16)15-24-22(26)17-10-11-19(27-2)20(14-17)28-3/h5-11,14,18H,4,12-13,15H2,1-3H3,(H,23,25)(H,24,26). The number of carbonyl (C=O) groups is 2. The van der Waals surface area contributed by atoms with Crippen molar-refractivity contribution in [2.45, 2.75) is 19.4 Å². The number of nitrogens with one attached hydrogen (secondary N) is 2. The lowest BCUT2D eigenvalue weighted by molar-refractivity contribution is 0.0534. The lowest BCUT2D eigenvalue weighted by atomic mass is 10.1. The third-order valence-electron chi connectivity index (χ3n) is 4.33. The van der Waals surface area contributed by atoms with Gasteiger partial charge in [0.1, 0.15) is 0 Å². The van der Waals surface area contributed by atoms with E-state index < -0.39 is 0 Å². The van der Waals surface area contributed by atoms with Crippen LogP contribution in [0.3, 0.4) is 0 Å². The topological polar surface area (TPSA) is 85.9 Å². The molecule has 0 bridgehead atoms. The lowest BCUT2D eigenvalue weighted by Gasteiger charge is -2.18. The van der Waals surface area contributed by atoms with Gasteiger partial charge in [-0.25, -0.2) is 0 Å². The molecule has 0 fully saturated rings. The van der Waals surface area contributed by atoms with Crippen LogP contribution in [0.2, 0.25) is 0 Å². The Morgan fingerprint density at radius 1 is 0.897 bits per heavy atom. The zero-order chi connectivity index (χ0) is 21.1. The number of hydrogen-bond acceptors (Lipinski definition) is 5. The van der Waals surface area contributed by atoms with E-state index in [2.05, 4.69) is 10.6 Å². The van der Waals surface area contributed by atoms with E-state index in [1.807, 2.05) is 25.1 Å². The summed E-state index contributed by atoms with van der Waals surface area (Å²) in [5.41, 5.74) is 1.08. The maximum atomic E-state index is 12.5. The summed E-state index contributed by atoms with van der Waals surface area (Å²) >= 11 is 0. The first kappa shape index (κ1) is 22.2. The number of rotatable bonds is 11. The van der Waals surface area contributed by atoms with Gasteiger partial charge in [0.05, 0.1) is 20.3 Å². The van der Waals surface area contributed by atoms with Gasteiger partial charge in [0.2, 0.25) is 0 Å². The van der Waals surface area contributed by atoms with Crippen LogP contribution in [-0.4, -0.2) is 51.8 Å². The van der Waals surface area contributed by atoms with E-state index in [4.69, 9.17) is 14.2 Å². The molecule has 0 radical (unpaired) electrons. The number of benzene rings is 2. The van der Waals surface area contributed by atoms with Crippen LogP contribution < -0.4 is 20.1 Å². The van der Waals surface area contributed by atoms with Crippen LogP contribution in [0.15, 0.2) is 48.5 Å². The van der Waals surface area contributed by atoms with E-state index in [9.17, 15) is 9.59 Å². The third kappa shape index (κ3) is 6.80. The molecule has 2 aromatic rings. The summed E-state index contributed by atoms with van der Waals surface area (Å²) in [4.78, 5) is 24.6. The predicted octanol–water partition coefficient (Wildman–Crippen LogP) is 2.66. The molecular formula is C22H28N2O5. The average Bonchev–Trinajstić information content (AvgIpc) is 2.77. The first-order chi connectivity index (χ1) is 14.1. The Morgan fingerprint density at radius 3 is 2.24 bits per heavy atom. The Morgan fingerprint density at radius 2 is 1.59 bits per heavy atom. The van der Waals surface area contributed by atoms with Gasteiger partial charge in [0.15, 0.2) is 11.5 Å². The lowest BCUT2D eigenvalue weighted by Crippen LogP contribution is -2.36. The molecule has 0 saturated heterocycles. The Hall–Kier alpha value is -3.06. The maximum absolute atomic E-state index is 12.5. The van der Waals surface area contributed by atoms with Crippen LogP contribution in [0.5, 0.6) is 11.5 Å². The zero-order valence-corrected chi connectivity index (χ0v) is 17.1. The molecule has 0 spiro atoms. The van der Waals surface area contributed by atoms with Gasteiger partial charge in [0, 0.05) is 30.8 Å². The molecule has 2 N–H and O–H groups in total. The second-order valence-electron chi connectivity index (χ2n) is 6.27. The van der Waals surface area contributed by atoms with Crippen molar-refractivity contribution in [1.29, 1.82) is 0 Å². The number of amides is 2. The van der Waals surface area contributed by atoms with Crippen LogP contribution in [0.4, 0.5) is 0 Å². The fourth-order valence-electron chi connectivity index (χ4n) is 2.80. The predicted molar refractivity (Wildman–Crippen MR) is 111 cm³/mol. The highest BCUT2D eigenvalue weighted by molar-refractivity contribution is 5.95. The molecule has 2 amide bonds. The average molecular weight is 400 g/mol. The fourth-order valence-corrected chi connectivity index (χ4v) is 2.80. The Balaban J connectivity index is 1.85. The van der Waals surface area contributed by atoms with Crippen LogP contribution in [-0.2, 0) is 4.74 Å². The normalized spacial score (nSPS) is 11.4. The van der Waals surface area contributed by atoms with Crippen molar-refractivity contribution in [3.05, 3.63) is 59.7 Å². The number of ether oxygens (including phenoxy) is 3. The van der Waals surface area contributed by atoms with Gasteiger partial charge in [-0.3, -0.25) is 9.59 Å². The van der Waals surface area contributed by atoms with Crippen molar-refractivity contribution in [2.75, 3.05) is 33.9 Å². The van der Waals surface area contributed by atoms with Crippen molar-refractivity contribution < 1.29 is 23.8 Å². The van der Waals surface area contributed by atoms with Crippen LogP contribution in [0, 0.1) is 0 Å². The second-order valence-corrected chi connectivity index (χ2v) is 6.27. The summed E-state index contributed by atoms with van der Waals surface area (Å²) in [6.07, 6.45) is 0.374. The molecule has 2 aromatic carbocycles. The number of hydrogen-bond donors (Lipinski definition) is 2. The van der Waals surface area contributed by atoms with Gasteiger partial charge in [-0.1, -0.05) is 18.2 Å². The van der Waals surface area contributed by atoms with Crippen LogP contribution in [0.1, 0.15) is 34.1 Å². The summed E-state index contributed by atoms with van der Waals surface area (Å²) in [6.45, 7) is 3.20. The summed E-state index contributed by atoms with van der Waals surface area (Å²) in [7, 11) is 3.06. The highest BCUT2D eigenvalue weighted by Crippen LogP contribution is 2.27. The monoisotopic (exact) mass is 400 g/mol. The van der Waals surface area contributed by atoms with E-state index in [0.717, 1.165) is 0 Å². The van der Waals surface area contributed by atoms with Crippen LogP contribution >= 0.6 is 0 Å². The van der Waals surface area contributed by atoms with Crippen molar-refractivity contribution in [3.63, 3.8) is 0 Å². The number of methoxy groups -OCH3 is 2. The Labute approximate surface area is 171 Å². The fraction of sp³-hybridized carbons (Fsp3) is 0.364. The largest absolute Gasteiger partial charge is 0.493 e. The van der Waals surface area contributed by atoms with Gasteiger partial charge >= 0.3 is 0 Å². The molecule has 7 nitrogen and oxygen atoms in total. The molecule has 0 aliphatic heterocycles. The van der Waals surface area contributed by atoms with Gasteiger partial charge in [0.25, 0.3) is 11.8 Å². The molecule has 156 valence electrons. The molecule has 0 heterocycles. The molecule has 0 aliphatic carbocycles. The summed E-state index contributed by atoms with van der Waals surface area (Å²) in [5.74, 6) is 0.690. The summed E-state index contributed by atoms with van der Waals surface area (Å²) in [6, 6.07) is 14.0. The minimum Gasteiger partial charge on any atom is -0.493 e. The van der Waals surface area contributed by atoms with E-state index in [1.54, 1.807) is 37.4 Å². The first-order valence-corrected chi connectivity index (χ1v) is 9.54. The zero-order valence-electron chi connectivity index (χ0n) is 17.1. The van der Waals surface area contributed by atoms with E-state index >= 15 is 0 Å². The van der Waals surface area contributed by atoms with Gasteiger partial charge in [-0.05, 0) is 43.7 Å². The molecule has 7 heteroatoms. The van der Waals surface area contributed by atoms with E-state index in [-0.39, 0.29) is 17.9 Å². The summed E-state index contributed by atoms with van der Waals surface area (Å²) < 4.78 is 16.1. The van der Waals surface area contributed by atoms with Gasteiger partial charge < -0.3 is 24.8 Å². The Bertz CT molecular complexity index is 795. The Kier molecular flexibility index (Phi) is 8.98. The highest BCUT2D eigenvalue weighted by atomic mass is 16.5. The van der Waals surface area contributed by atoms with Crippen LogP contribution in [0.25, 0.3) is 0 Å². The minimum atomic E-state index is -0.232. The molecule has 0 aliphatic rings. The number of carbonyl (C=O) groups excluding carboxylic acids is 2. The maximum Gasteiger partial charge on any atom is 0.251 e. The molecule has 0 saturated carbocycles. The smallest absolute Gasteiger partial charge is 0.251 e. The SMILES string of the molecule is CCOC(CCNC(=O)c1ccccc1)CNC(=O)c1ccc(OC)c(OC)c1. The van der Waals surface area contributed by atoms with Gasteiger partial charge in [-0.2, -0.15) is 0 Å². The second kappa shape index (κ2) is 11.7. The van der Waals surface area contributed by atoms with Crippen molar-refractivity contribution in [1.82, 2.24) is 10.6 Å².